The smallest absolute Gasteiger partial charge is 0.228 e. The van der Waals surface area contributed by atoms with Crippen LogP contribution in [0.1, 0.15) is 31.4 Å². The molecular formula is C12H19N3O2. The van der Waals surface area contributed by atoms with Crippen LogP contribution in [0.3, 0.4) is 0 Å². The molecule has 5 nitrogen and oxygen atoms in total. The van der Waals surface area contributed by atoms with Crippen molar-refractivity contribution >= 4 is 5.91 Å². The maximum Gasteiger partial charge on any atom is 0.228 e. The largest absolute Gasteiger partial charge is 0.388 e. The van der Waals surface area contributed by atoms with Gasteiger partial charge in [0.15, 0.2) is 0 Å². The monoisotopic (exact) mass is 237 g/mol. The number of H-pyrrole nitrogens is 1. The molecule has 1 amide bonds. The van der Waals surface area contributed by atoms with Crippen molar-refractivity contribution < 1.29 is 9.90 Å². The van der Waals surface area contributed by atoms with E-state index in [1.54, 1.807) is 24.2 Å². The van der Waals surface area contributed by atoms with Gasteiger partial charge in [-0.3, -0.25) is 9.89 Å². The van der Waals surface area contributed by atoms with E-state index in [2.05, 4.69) is 10.2 Å². The first kappa shape index (κ1) is 12.1. The zero-order valence-electron chi connectivity index (χ0n) is 10.1. The molecule has 0 bridgehead atoms. The van der Waals surface area contributed by atoms with Gasteiger partial charge in [-0.2, -0.15) is 5.10 Å². The van der Waals surface area contributed by atoms with Crippen LogP contribution in [-0.2, 0) is 11.2 Å². The number of aromatic amines is 1. The number of likely N-dealkylation sites (N-methyl/N-ethyl adjacent to an activating group) is 1. The fourth-order valence-electron chi connectivity index (χ4n) is 2.40. The van der Waals surface area contributed by atoms with Crippen molar-refractivity contribution in [1.82, 2.24) is 15.1 Å². The summed E-state index contributed by atoms with van der Waals surface area (Å²) < 4.78 is 0. The zero-order chi connectivity index (χ0) is 12.3. The molecule has 0 unspecified atom stereocenters. The molecule has 1 aromatic rings. The summed E-state index contributed by atoms with van der Waals surface area (Å²) in [5, 5.41) is 16.8. The molecule has 0 aliphatic heterocycles. The van der Waals surface area contributed by atoms with E-state index >= 15 is 0 Å². The fraction of sp³-hybridized carbons (Fsp3) is 0.667. The topological polar surface area (TPSA) is 69.2 Å². The van der Waals surface area contributed by atoms with Crippen LogP contribution in [0.15, 0.2) is 12.3 Å². The Bertz CT molecular complexity index is 369. The van der Waals surface area contributed by atoms with Gasteiger partial charge in [-0.05, 0) is 18.9 Å². The number of rotatable bonds is 4. The Morgan fingerprint density at radius 2 is 2.29 bits per heavy atom. The third-order valence-corrected chi connectivity index (χ3v) is 3.39. The first-order valence-electron chi connectivity index (χ1n) is 6.04. The zero-order valence-corrected chi connectivity index (χ0v) is 10.1. The molecule has 0 radical (unpaired) electrons. The van der Waals surface area contributed by atoms with Crippen LogP contribution in [0.5, 0.6) is 0 Å². The Labute approximate surface area is 101 Å². The van der Waals surface area contributed by atoms with E-state index in [-0.39, 0.29) is 5.91 Å². The van der Waals surface area contributed by atoms with Gasteiger partial charge in [-0.1, -0.05) is 12.8 Å². The van der Waals surface area contributed by atoms with Crippen LogP contribution in [0.2, 0.25) is 0 Å². The van der Waals surface area contributed by atoms with Gasteiger partial charge in [-0.25, -0.2) is 0 Å². The van der Waals surface area contributed by atoms with Crippen molar-refractivity contribution in [1.29, 1.82) is 0 Å². The third kappa shape index (κ3) is 3.06. The number of nitrogens with one attached hydrogen (secondary N) is 1. The maximum absolute atomic E-state index is 11.9. The number of nitrogens with zero attached hydrogens (tertiary/aromatic N) is 2. The Balaban J connectivity index is 1.87. The van der Waals surface area contributed by atoms with Gasteiger partial charge in [0, 0.05) is 25.5 Å². The normalized spacial score (nSPS) is 18.2. The predicted molar refractivity (Wildman–Crippen MR) is 63.3 cm³/mol. The lowest BCUT2D eigenvalue weighted by molar-refractivity contribution is -0.132. The minimum absolute atomic E-state index is 0.00887. The van der Waals surface area contributed by atoms with Crippen molar-refractivity contribution in [3.05, 3.63) is 18.0 Å². The predicted octanol–water partition coefficient (Wildman–Crippen LogP) is 0.716. The molecule has 2 rings (SSSR count). The summed E-state index contributed by atoms with van der Waals surface area (Å²) in [5.74, 6) is 0.00887. The number of aliphatic hydroxyl groups is 1. The molecule has 0 aromatic carbocycles. The minimum atomic E-state index is -0.668. The summed E-state index contributed by atoms with van der Waals surface area (Å²) in [6.45, 7) is 0.431. The molecule has 0 atom stereocenters. The van der Waals surface area contributed by atoms with Crippen LogP contribution in [0.25, 0.3) is 0 Å². The Morgan fingerprint density at radius 1 is 1.59 bits per heavy atom. The molecule has 0 spiro atoms. The first-order valence-corrected chi connectivity index (χ1v) is 6.04. The fourth-order valence-corrected chi connectivity index (χ4v) is 2.40. The quantitative estimate of drug-likeness (QED) is 0.810. The third-order valence-electron chi connectivity index (χ3n) is 3.39. The molecule has 1 saturated carbocycles. The Morgan fingerprint density at radius 3 is 2.88 bits per heavy atom. The van der Waals surface area contributed by atoms with Crippen LogP contribution >= 0.6 is 0 Å². The van der Waals surface area contributed by atoms with E-state index in [9.17, 15) is 9.90 Å². The highest BCUT2D eigenvalue weighted by Crippen LogP contribution is 2.29. The molecule has 1 aliphatic rings. The van der Waals surface area contributed by atoms with Crippen LogP contribution in [0, 0.1) is 0 Å². The second kappa shape index (κ2) is 4.87. The van der Waals surface area contributed by atoms with Crippen LogP contribution in [0.4, 0.5) is 0 Å². The second-order valence-corrected chi connectivity index (χ2v) is 4.94. The molecule has 1 aliphatic carbocycles. The SMILES string of the molecule is CN(CC1(O)CCCC1)C(=O)Cc1ccn[nH]1. The summed E-state index contributed by atoms with van der Waals surface area (Å²) in [6.07, 6.45) is 5.65. The number of carbonyl (C=O) groups excluding carboxylic acids is 1. The molecule has 5 heteroatoms. The summed E-state index contributed by atoms with van der Waals surface area (Å²) in [7, 11) is 1.75. The molecule has 1 fully saturated rings. The highest BCUT2D eigenvalue weighted by Gasteiger charge is 2.33. The van der Waals surface area contributed by atoms with Crippen molar-refractivity contribution in [2.45, 2.75) is 37.7 Å². The number of amides is 1. The lowest BCUT2D eigenvalue weighted by atomic mass is 10.0. The molecule has 94 valence electrons. The lowest BCUT2D eigenvalue weighted by Gasteiger charge is -2.28. The second-order valence-electron chi connectivity index (χ2n) is 4.94. The van der Waals surface area contributed by atoms with Crippen molar-refractivity contribution in [3.63, 3.8) is 0 Å². The molecule has 0 saturated heterocycles. The number of carbonyl (C=O) groups is 1. The molecule has 1 aromatic heterocycles. The summed E-state index contributed by atoms with van der Waals surface area (Å²) >= 11 is 0. The van der Waals surface area contributed by atoms with Crippen molar-refractivity contribution in [2.75, 3.05) is 13.6 Å². The highest BCUT2D eigenvalue weighted by molar-refractivity contribution is 5.78. The molecule has 2 N–H and O–H groups in total. The number of hydrogen-bond donors (Lipinski definition) is 2. The van der Waals surface area contributed by atoms with E-state index in [1.165, 1.54) is 0 Å². The van der Waals surface area contributed by atoms with E-state index < -0.39 is 5.60 Å². The summed E-state index contributed by atoms with van der Waals surface area (Å²) in [4.78, 5) is 13.5. The molecule has 1 heterocycles. The average molecular weight is 237 g/mol. The average Bonchev–Trinajstić information content (AvgIpc) is 2.90. The van der Waals surface area contributed by atoms with Gasteiger partial charge in [0.1, 0.15) is 0 Å². The van der Waals surface area contributed by atoms with Gasteiger partial charge < -0.3 is 10.0 Å². The van der Waals surface area contributed by atoms with Gasteiger partial charge in [0.05, 0.1) is 12.0 Å². The minimum Gasteiger partial charge on any atom is -0.388 e. The van der Waals surface area contributed by atoms with Gasteiger partial charge in [0.25, 0.3) is 0 Å². The van der Waals surface area contributed by atoms with Gasteiger partial charge >= 0.3 is 0 Å². The van der Waals surface area contributed by atoms with E-state index in [0.29, 0.717) is 13.0 Å². The van der Waals surface area contributed by atoms with E-state index in [4.69, 9.17) is 0 Å². The standard InChI is InChI=1S/C12H19N3O2/c1-15(9-12(17)5-2-3-6-12)11(16)8-10-4-7-13-14-10/h4,7,17H,2-3,5-6,8-9H2,1H3,(H,13,14). The van der Waals surface area contributed by atoms with Crippen LogP contribution in [-0.4, -0.2) is 45.3 Å². The Hall–Kier alpha value is -1.36. The highest BCUT2D eigenvalue weighted by atomic mass is 16.3. The van der Waals surface area contributed by atoms with Gasteiger partial charge in [-0.15, -0.1) is 0 Å². The lowest BCUT2D eigenvalue weighted by Crippen LogP contribution is -2.42. The number of hydrogen-bond acceptors (Lipinski definition) is 3. The Kier molecular flexibility index (Phi) is 3.47. The van der Waals surface area contributed by atoms with E-state index in [1.807, 2.05) is 0 Å². The van der Waals surface area contributed by atoms with Gasteiger partial charge in [0.2, 0.25) is 5.91 Å². The summed E-state index contributed by atoms with van der Waals surface area (Å²) in [5.41, 5.74) is 0.138. The maximum atomic E-state index is 11.9. The molecular weight excluding hydrogens is 218 g/mol. The summed E-state index contributed by atoms with van der Waals surface area (Å²) in [6, 6.07) is 1.79. The van der Waals surface area contributed by atoms with Crippen LogP contribution < -0.4 is 0 Å². The molecule has 17 heavy (non-hydrogen) atoms. The first-order chi connectivity index (χ1) is 8.09. The van der Waals surface area contributed by atoms with Crippen molar-refractivity contribution in [2.24, 2.45) is 0 Å². The van der Waals surface area contributed by atoms with E-state index in [0.717, 1.165) is 31.4 Å². The van der Waals surface area contributed by atoms with Crippen molar-refractivity contribution in [3.8, 4) is 0 Å². The number of aromatic nitrogens is 2.